The molecule has 0 radical (unpaired) electrons. The number of nitrogens with one attached hydrogen (secondary N) is 1. The summed E-state index contributed by atoms with van der Waals surface area (Å²) < 4.78 is 4.70. The molecule has 1 saturated heterocycles. The Morgan fingerprint density at radius 3 is 2.63 bits per heavy atom. The van der Waals surface area contributed by atoms with Crippen molar-refractivity contribution in [2.45, 2.75) is 45.1 Å². The Labute approximate surface area is 115 Å². The van der Waals surface area contributed by atoms with Crippen LogP contribution in [-0.4, -0.2) is 49.6 Å². The van der Waals surface area contributed by atoms with Gasteiger partial charge < -0.3 is 15.0 Å². The average Bonchev–Trinajstić information content (AvgIpc) is 2.86. The van der Waals surface area contributed by atoms with Crippen molar-refractivity contribution in [2.24, 2.45) is 5.92 Å². The molecule has 1 N–H and O–H groups in total. The second-order valence-corrected chi connectivity index (χ2v) is 5.47. The molecule has 0 aliphatic carbocycles. The van der Waals surface area contributed by atoms with Gasteiger partial charge in [0.2, 0.25) is 5.91 Å². The lowest BCUT2D eigenvalue weighted by Gasteiger charge is -2.33. The van der Waals surface area contributed by atoms with Crippen LogP contribution in [0.3, 0.4) is 0 Å². The molecule has 0 aromatic rings. The molecule has 1 amide bonds. The summed E-state index contributed by atoms with van der Waals surface area (Å²) in [5.74, 6) is -0.467. The van der Waals surface area contributed by atoms with Gasteiger partial charge in [-0.15, -0.1) is 0 Å². The highest BCUT2D eigenvalue weighted by Crippen LogP contribution is 2.27. The van der Waals surface area contributed by atoms with Crippen LogP contribution in [0, 0.1) is 5.92 Å². The molecule has 0 spiro atoms. The summed E-state index contributed by atoms with van der Waals surface area (Å²) >= 11 is 0. The molecule has 1 rings (SSSR count). The molecule has 0 bridgehead atoms. The fourth-order valence-electron chi connectivity index (χ4n) is 2.87. The van der Waals surface area contributed by atoms with Crippen LogP contribution in [-0.2, 0) is 14.3 Å². The van der Waals surface area contributed by atoms with Crippen molar-refractivity contribution in [2.75, 3.05) is 27.2 Å². The molecule has 1 heterocycles. The highest BCUT2D eigenvalue weighted by Gasteiger charge is 2.41. The summed E-state index contributed by atoms with van der Waals surface area (Å²) in [4.78, 5) is 25.7. The Morgan fingerprint density at radius 2 is 2.16 bits per heavy atom. The second-order valence-electron chi connectivity index (χ2n) is 5.47. The molecule has 1 aliphatic heterocycles. The van der Waals surface area contributed by atoms with Gasteiger partial charge in [0.05, 0.1) is 18.6 Å². The van der Waals surface area contributed by atoms with Crippen molar-refractivity contribution in [1.29, 1.82) is 0 Å². The van der Waals surface area contributed by atoms with Crippen molar-refractivity contribution in [3.8, 4) is 0 Å². The molecule has 110 valence electrons. The maximum atomic E-state index is 12.6. The topological polar surface area (TPSA) is 58.6 Å². The first-order chi connectivity index (χ1) is 8.96. The molecule has 19 heavy (non-hydrogen) atoms. The first kappa shape index (κ1) is 16.0. The number of carbonyl (C=O) groups is 2. The Balaban J connectivity index is 2.66. The molecular weight excluding hydrogens is 244 g/mol. The Hall–Kier alpha value is -1.10. The Bertz CT molecular complexity index is 325. The SMILES string of the molecule is CCCC1(C(=O)N(C)CC(C)C(=O)OC)CCCN1. The van der Waals surface area contributed by atoms with E-state index in [9.17, 15) is 9.59 Å². The van der Waals surface area contributed by atoms with Gasteiger partial charge in [0, 0.05) is 13.6 Å². The quantitative estimate of drug-likeness (QED) is 0.736. The summed E-state index contributed by atoms with van der Waals surface area (Å²) in [5.41, 5.74) is -0.417. The maximum Gasteiger partial charge on any atom is 0.310 e. The van der Waals surface area contributed by atoms with Crippen LogP contribution in [0.4, 0.5) is 0 Å². The predicted octanol–water partition coefficient (Wildman–Crippen LogP) is 1.18. The van der Waals surface area contributed by atoms with Gasteiger partial charge in [0.25, 0.3) is 0 Å². The van der Waals surface area contributed by atoms with Crippen molar-refractivity contribution in [1.82, 2.24) is 10.2 Å². The average molecular weight is 270 g/mol. The predicted molar refractivity (Wildman–Crippen MR) is 73.7 cm³/mol. The molecule has 0 saturated carbocycles. The van der Waals surface area contributed by atoms with E-state index >= 15 is 0 Å². The Morgan fingerprint density at radius 1 is 1.47 bits per heavy atom. The molecule has 1 aliphatic rings. The largest absolute Gasteiger partial charge is 0.469 e. The molecule has 1 fully saturated rings. The zero-order valence-corrected chi connectivity index (χ0v) is 12.5. The van der Waals surface area contributed by atoms with Gasteiger partial charge in [0.15, 0.2) is 0 Å². The van der Waals surface area contributed by atoms with Crippen LogP contribution in [0.1, 0.15) is 39.5 Å². The van der Waals surface area contributed by atoms with Crippen LogP contribution in [0.25, 0.3) is 0 Å². The van der Waals surface area contributed by atoms with Gasteiger partial charge in [-0.25, -0.2) is 0 Å². The Kier molecular flexibility index (Phi) is 5.79. The number of ether oxygens (including phenoxy) is 1. The maximum absolute atomic E-state index is 12.6. The second kappa shape index (κ2) is 6.89. The third-order valence-electron chi connectivity index (χ3n) is 3.83. The zero-order chi connectivity index (χ0) is 14.5. The number of amides is 1. The monoisotopic (exact) mass is 270 g/mol. The first-order valence-electron chi connectivity index (χ1n) is 7.05. The van der Waals surface area contributed by atoms with E-state index in [4.69, 9.17) is 4.74 Å². The van der Waals surface area contributed by atoms with Crippen molar-refractivity contribution in [3.63, 3.8) is 0 Å². The third-order valence-corrected chi connectivity index (χ3v) is 3.83. The fourth-order valence-corrected chi connectivity index (χ4v) is 2.87. The standard InChI is InChI=1S/C14H26N2O3/c1-5-7-14(8-6-9-15-14)13(18)16(3)10-11(2)12(17)19-4/h11,15H,5-10H2,1-4H3. The van der Waals surface area contributed by atoms with Crippen molar-refractivity contribution < 1.29 is 14.3 Å². The van der Waals surface area contributed by atoms with Gasteiger partial charge in [0.1, 0.15) is 0 Å². The number of methoxy groups -OCH3 is 1. The van der Waals surface area contributed by atoms with Crippen molar-refractivity contribution in [3.05, 3.63) is 0 Å². The van der Waals surface area contributed by atoms with E-state index in [1.165, 1.54) is 7.11 Å². The van der Waals surface area contributed by atoms with E-state index in [1.807, 2.05) is 0 Å². The number of carbonyl (C=O) groups excluding carboxylic acids is 2. The number of esters is 1. The first-order valence-corrected chi connectivity index (χ1v) is 7.05. The number of hydrogen-bond donors (Lipinski definition) is 1. The number of likely N-dealkylation sites (N-methyl/N-ethyl adjacent to an activating group) is 1. The molecule has 0 aromatic heterocycles. The van der Waals surface area contributed by atoms with Gasteiger partial charge in [-0.2, -0.15) is 0 Å². The normalized spacial score (nSPS) is 24.0. The van der Waals surface area contributed by atoms with E-state index in [1.54, 1.807) is 18.9 Å². The minimum Gasteiger partial charge on any atom is -0.469 e. The van der Waals surface area contributed by atoms with Gasteiger partial charge in [-0.3, -0.25) is 9.59 Å². The van der Waals surface area contributed by atoms with Crippen LogP contribution >= 0.6 is 0 Å². The lowest BCUT2D eigenvalue weighted by Crippen LogP contribution is -2.54. The van der Waals surface area contributed by atoms with Gasteiger partial charge in [-0.1, -0.05) is 20.3 Å². The zero-order valence-electron chi connectivity index (χ0n) is 12.5. The minimum absolute atomic E-state index is 0.0996. The highest BCUT2D eigenvalue weighted by molar-refractivity contribution is 5.87. The fraction of sp³-hybridized carbons (Fsp3) is 0.857. The van der Waals surface area contributed by atoms with Crippen LogP contribution in [0.5, 0.6) is 0 Å². The number of hydrogen-bond acceptors (Lipinski definition) is 4. The van der Waals surface area contributed by atoms with Crippen molar-refractivity contribution >= 4 is 11.9 Å². The summed E-state index contributed by atoms with van der Waals surface area (Å²) in [6.45, 7) is 5.17. The summed E-state index contributed by atoms with van der Waals surface area (Å²) in [6.07, 6.45) is 3.74. The lowest BCUT2D eigenvalue weighted by atomic mass is 9.90. The third kappa shape index (κ3) is 3.69. The molecule has 2 atom stereocenters. The van der Waals surface area contributed by atoms with E-state index in [2.05, 4.69) is 12.2 Å². The van der Waals surface area contributed by atoms with E-state index in [-0.39, 0.29) is 17.8 Å². The van der Waals surface area contributed by atoms with E-state index in [0.29, 0.717) is 6.54 Å². The number of rotatable bonds is 6. The lowest BCUT2D eigenvalue weighted by molar-refractivity contribution is -0.147. The molecule has 0 aromatic carbocycles. The van der Waals surface area contributed by atoms with E-state index < -0.39 is 5.54 Å². The summed E-state index contributed by atoms with van der Waals surface area (Å²) in [6, 6.07) is 0. The minimum atomic E-state index is -0.417. The molecular formula is C14H26N2O3. The van der Waals surface area contributed by atoms with Crippen LogP contribution < -0.4 is 5.32 Å². The number of nitrogens with zero attached hydrogens (tertiary/aromatic N) is 1. The molecule has 2 unspecified atom stereocenters. The smallest absolute Gasteiger partial charge is 0.310 e. The van der Waals surface area contributed by atoms with Gasteiger partial charge in [-0.05, 0) is 25.8 Å². The van der Waals surface area contributed by atoms with E-state index in [0.717, 1.165) is 32.2 Å². The highest BCUT2D eigenvalue weighted by atomic mass is 16.5. The molecule has 5 heteroatoms. The summed E-state index contributed by atoms with van der Waals surface area (Å²) in [7, 11) is 3.14. The van der Waals surface area contributed by atoms with Gasteiger partial charge >= 0.3 is 5.97 Å². The van der Waals surface area contributed by atoms with Crippen LogP contribution in [0.15, 0.2) is 0 Å². The summed E-state index contributed by atoms with van der Waals surface area (Å²) in [5, 5.41) is 3.36. The van der Waals surface area contributed by atoms with Crippen LogP contribution in [0.2, 0.25) is 0 Å². The molecule has 5 nitrogen and oxygen atoms in total.